The summed E-state index contributed by atoms with van der Waals surface area (Å²) in [4.78, 5) is 13.1. The second-order valence-corrected chi connectivity index (χ2v) is 4.37. The SMILES string of the molecule is CC[C@H](NCC(=O)N(C)C)c1c(C)noc1C. The van der Waals surface area contributed by atoms with E-state index in [1.807, 2.05) is 13.8 Å². The lowest BCUT2D eigenvalue weighted by Crippen LogP contribution is -2.35. The van der Waals surface area contributed by atoms with Crippen LogP contribution in [0.3, 0.4) is 0 Å². The molecule has 1 rings (SSSR count). The van der Waals surface area contributed by atoms with Gasteiger partial charge in [0.05, 0.1) is 12.2 Å². The molecule has 0 bridgehead atoms. The molecule has 0 aromatic carbocycles. The first-order valence-corrected chi connectivity index (χ1v) is 5.83. The van der Waals surface area contributed by atoms with Crippen LogP contribution in [0.5, 0.6) is 0 Å². The van der Waals surface area contributed by atoms with E-state index in [0.717, 1.165) is 23.4 Å². The first-order chi connectivity index (χ1) is 7.97. The number of hydrogen-bond acceptors (Lipinski definition) is 4. The molecule has 1 N–H and O–H groups in total. The highest BCUT2D eigenvalue weighted by Crippen LogP contribution is 2.23. The maximum atomic E-state index is 11.5. The van der Waals surface area contributed by atoms with Crippen molar-refractivity contribution in [3.05, 3.63) is 17.0 Å². The van der Waals surface area contributed by atoms with Gasteiger partial charge in [0.2, 0.25) is 5.91 Å². The van der Waals surface area contributed by atoms with E-state index in [0.29, 0.717) is 6.54 Å². The Morgan fingerprint density at radius 2 is 2.12 bits per heavy atom. The van der Waals surface area contributed by atoms with E-state index in [1.165, 1.54) is 0 Å². The summed E-state index contributed by atoms with van der Waals surface area (Å²) in [6.45, 7) is 6.22. The lowest BCUT2D eigenvalue weighted by Gasteiger charge is -2.18. The van der Waals surface area contributed by atoms with E-state index in [4.69, 9.17) is 4.52 Å². The minimum atomic E-state index is 0.0650. The number of carbonyl (C=O) groups excluding carboxylic acids is 1. The van der Waals surface area contributed by atoms with Crippen molar-refractivity contribution in [3.8, 4) is 0 Å². The Kier molecular flexibility index (Phi) is 4.69. The number of carbonyl (C=O) groups is 1. The largest absolute Gasteiger partial charge is 0.361 e. The Hall–Kier alpha value is -1.36. The van der Waals surface area contributed by atoms with Gasteiger partial charge in [-0.15, -0.1) is 0 Å². The molecule has 0 aliphatic heterocycles. The standard InChI is InChI=1S/C12H21N3O2/c1-6-10(13-7-11(16)15(4)5)12-8(2)14-17-9(12)3/h10,13H,6-7H2,1-5H3/t10-/m0/s1. The second kappa shape index (κ2) is 5.82. The van der Waals surface area contributed by atoms with Crippen molar-refractivity contribution in [2.24, 2.45) is 0 Å². The normalized spacial score (nSPS) is 12.5. The first kappa shape index (κ1) is 13.7. The van der Waals surface area contributed by atoms with Crippen molar-refractivity contribution in [1.82, 2.24) is 15.4 Å². The molecule has 17 heavy (non-hydrogen) atoms. The molecule has 0 unspecified atom stereocenters. The molecular formula is C12H21N3O2. The Labute approximate surface area is 102 Å². The number of aryl methyl sites for hydroxylation is 2. The monoisotopic (exact) mass is 239 g/mol. The molecule has 0 saturated heterocycles. The summed E-state index contributed by atoms with van der Waals surface area (Å²) in [6.07, 6.45) is 0.892. The van der Waals surface area contributed by atoms with Gasteiger partial charge in [0.15, 0.2) is 0 Å². The maximum Gasteiger partial charge on any atom is 0.236 e. The Morgan fingerprint density at radius 1 is 1.47 bits per heavy atom. The fourth-order valence-electron chi connectivity index (χ4n) is 1.81. The van der Waals surface area contributed by atoms with Gasteiger partial charge in [0.1, 0.15) is 5.76 Å². The van der Waals surface area contributed by atoms with Gasteiger partial charge in [0, 0.05) is 25.7 Å². The minimum Gasteiger partial charge on any atom is -0.361 e. The summed E-state index contributed by atoms with van der Waals surface area (Å²) in [7, 11) is 3.50. The zero-order valence-corrected chi connectivity index (χ0v) is 11.2. The number of likely N-dealkylation sites (N-methyl/N-ethyl adjacent to an activating group) is 1. The molecule has 1 amide bonds. The van der Waals surface area contributed by atoms with E-state index in [-0.39, 0.29) is 11.9 Å². The van der Waals surface area contributed by atoms with Crippen LogP contribution in [0.15, 0.2) is 4.52 Å². The average molecular weight is 239 g/mol. The third kappa shape index (κ3) is 3.30. The van der Waals surface area contributed by atoms with E-state index in [1.54, 1.807) is 19.0 Å². The molecule has 5 heteroatoms. The summed E-state index contributed by atoms with van der Waals surface area (Å²) < 4.78 is 5.15. The van der Waals surface area contributed by atoms with Crippen molar-refractivity contribution < 1.29 is 9.32 Å². The molecule has 0 fully saturated rings. The molecule has 0 aliphatic rings. The zero-order chi connectivity index (χ0) is 13.0. The van der Waals surface area contributed by atoms with Gasteiger partial charge in [-0.3, -0.25) is 4.79 Å². The summed E-state index contributed by atoms with van der Waals surface area (Å²) >= 11 is 0. The van der Waals surface area contributed by atoms with E-state index >= 15 is 0 Å². The van der Waals surface area contributed by atoms with Crippen molar-refractivity contribution in [3.63, 3.8) is 0 Å². The molecule has 96 valence electrons. The predicted molar refractivity (Wildman–Crippen MR) is 65.7 cm³/mol. The van der Waals surface area contributed by atoms with Crippen LogP contribution in [0.25, 0.3) is 0 Å². The summed E-state index contributed by atoms with van der Waals surface area (Å²) in [5.41, 5.74) is 1.96. The van der Waals surface area contributed by atoms with Crippen LogP contribution < -0.4 is 5.32 Å². The van der Waals surface area contributed by atoms with Gasteiger partial charge >= 0.3 is 0 Å². The van der Waals surface area contributed by atoms with Gasteiger partial charge in [-0.05, 0) is 20.3 Å². The Balaban J connectivity index is 2.70. The predicted octanol–water partition coefficient (Wildman–Crippen LogP) is 1.42. The van der Waals surface area contributed by atoms with Crippen molar-refractivity contribution >= 4 is 5.91 Å². The molecule has 0 saturated carbocycles. The highest BCUT2D eigenvalue weighted by atomic mass is 16.5. The van der Waals surface area contributed by atoms with Gasteiger partial charge in [-0.25, -0.2) is 0 Å². The van der Waals surface area contributed by atoms with E-state index in [9.17, 15) is 4.79 Å². The molecule has 1 aromatic rings. The number of rotatable bonds is 5. The third-order valence-electron chi connectivity index (χ3n) is 2.84. The van der Waals surface area contributed by atoms with Gasteiger partial charge in [-0.1, -0.05) is 12.1 Å². The molecule has 0 radical (unpaired) electrons. The fourth-order valence-corrected chi connectivity index (χ4v) is 1.81. The van der Waals surface area contributed by atoms with Gasteiger partial charge < -0.3 is 14.7 Å². The molecule has 1 atom stereocenters. The highest BCUT2D eigenvalue weighted by Gasteiger charge is 2.19. The maximum absolute atomic E-state index is 11.5. The minimum absolute atomic E-state index is 0.0650. The molecule has 0 aliphatic carbocycles. The Morgan fingerprint density at radius 3 is 2.53 bits per heavy atom. The third-order valence-corrected chi connectivity index (χ3v) is 2.84. The van der Waals surface area contributed by atoms with Crippen LogP contribution in [-0.4, -0.2) is 36.6 Å². The highest BCUT2D eigenvalue weighted by molar-refractivity contribution is 5.77. The topological polar surface area (TPSA) is 58.4 Å². The van der Waals surface area contributed by atoms with Crippen molar-refractivity contribution in [2.75, 3.05) is 20.6 Å². The smallest absolute Gasteiger partial charge is 0.236 e. The zero-order valence-electron chi connectivity index (χ0n) is 11.2. The molecule has 1 heterocycles. The number of hydrogen-bond donors (Lipinski definition) is 1. The van der Waals surface area contributed by atoms with Crippen LogP contribution in [0, 0.1) is 13.8 Å². The van der Waals surface area contributed by atoms with E-state index < -0.39 is 0 Å². The van der Waals surface area contributed by atoms with Crippen LogP contribution in [0.1, 0.15) is 36.4 Å². The van der Waals surface area contributed by atoms with Crippen molar-refractivity contribution in [1.29, 1.82) is 0 Å². The molecule has 5 nitrogen and oxygen atoms in total. The van der Waals surface area contributed by atoms with Crippen molar-refractivity contribution in [2.45, 2.75) is 33.2 Å². The number of aromatic nitrogens is 1. The molecule has 0 spiro atoms. The summed E-state index contributed by atoms with van der Waals surface area (Å²) in [5, 5.41) is 7.18. The van der Waals surface area contributed by atoms with Crippen LogP contribution in [-0.2, 0) is 4.79 Å². The van der Waals surface area contributed by atoms with Crippen LogP contribution in [0.2, 0.25) is 0 Å². The summed E-state index contributed by atoms with van der Waals surface area (Å²) in [6, 6.07) is 0.116. The Bertz CT molecular complexity index is 366. The lowest BCUT2D eigenvalue weighted by atomic mass is 10.0. The number of amides is 1. The van der Waals surface area contributed by atoms with Crippen LogP contribution in [0.4, 0.5) is 0 Å². The quantitative estimate of drug-likeness (QED) is 0.844. The second-order valence-electron chi connectivity index (χ2n) is 4.37. The molecular weight excluding hydrogens is 218 g/mol. The van der Waals surface area contributed by atoms with Crippen LogP contribution >= 0.6 is 0 Å². The number of nitrogens with one attached hydrogen (secondary N) is 1. The van der Waals surface area contributed by atoms with Gasteiger partial charge in [-0.2, -0.15) is 0 Å². The van der Waals surface area contributed by atoms with E-state index in [2.05, 4.69) is 17.4 Å². The molecule has 1 aromatic heterocycles. The van der Waals surface area contributed by atoms with Gasteiger partial charge in [0.25, 0.3) is 0 Å². The average Bonchev–Trinajstić information content (AvgIpc) is 2.61. The number of nitrogens with zero attached hydrogens (tertiary/aromatic N) is 2. The fraction of sp³-hybridized carbons (Fsp3) is 0.667. The summed E-state index contributed by atoms with van der Waals surface area (Å²) in [5.74, 6) is 0.884. The lowest BCUT2D eigenvalue weighted by molar-refractivity contribution is -0.127. The first-order valence-electron chi connectivity index (χ1n) is 5.83.